The van der Waals surface area contributed by atoms with Crippen molar-refractivity contribution in [2.75, 3.05) is 13.1 Å². The van der Waals surface area contributed by atoms with E-state index in [1.54, 1.807) is 43.9 Å². The van der Waals surface area contributed by atoms with Gasteiger partial charge in [-0.3, -0.25) is 4.79 Å². The fraction of sp³-hybridized carbons (Fsp3) is 0.533. The van der Waals surface area contributed by atoms with Crippen molar-refractivity contribution >= 4 is 5.91 Å². The molecule has 4 heteroatoms. The topological polar surface area (TPSA) is 40.5 Å². The largest absolute Gasteiger partial charge is 0.389 e. The van der Waals surface area contributed by atoms with Crippen molar-refractivity contribution in [3.8, 4) is 0 Å². The molecule has 0 radical (unpaired) electrons. The van der Waals surface area contributed by atoms with Crippen LogP contribution >= 0.6 is 0 Å². The van der Waals surface area contributed by atoms with Crippen LogP contribution in [0.3, 0.4) is 0 Å². The molecule has 0 aliphatic rings. The molecule has 0 spiro atoms. The number of aliphatic hydroxyl groups is 1. The van der Waals surface area contributed by atoms with Gasteiger partial charge in [0.1, 0.15) is 5.82 Å². The minimum absolute atomic E-state index is 0.172. The highest BCUT2D eigenvalue weighted by atomic mass is 19.1. The predicted octanol–water partition coefficient (Wildman–Crippen LogP) is 2.55. The van der Waals surface area contributed by atoms with Crippen LogP contribution in [0, 0.1) is 5.82 Å². The zero-order chi connectivity index (χ0) is 14.6. The molecule has 1 aromatic carbocycles. The maximum absolute atomic E-state index is 13.7. The van der Waals surface area contributed by atoms with Gasteiger partial charge in [0.25, 0.3) is 0 Å². The quantitative estimate of drug-likeness (QED) is 0.890. The first-order chi connectivity index (χ1) is 8.76. The van der Waals surface area contributed by atoms with Crippen molar-refractivity contribution in [3.63, 3.8) is 0 Å². The third-order valence-electron chi connectivity index (χ3n) is 3.01. The Morgan fingerprint density at radius 3 is 2.47 bits per heavy atom. The number of hydrogen-bond acceptors (Lipinski definition) is 2. The first-order valence-electron chi connectivity index (χ1n) is 6.52. The fourth-order valence-corrected chi connectivity index (χ4v) is 2.05. The van der Waals surface area contributed by atoms with Crippen LogP contribution in [-0.2, 0) is 4.79 Å². The highest BCUT2D eigenvalue weighted by Crippen LogP contribution is 2.21. The molecule has 0 saturated heterocycles. The maximum atomic E-state index is 13.7. The Labute approximate surface area is 114 Å². The molecule has 0 heterocycles. The Kier molecular flexibility index (Phi) is 5.06. The predicted molar refractivity (Wildman–Crippen MR) is 73.4 cm³/mol. The summed E-state index contributed by atoms with van der Waals surface area (Å²) < 4.78 is 13.7. The normalized spacial score (nSPS) is 13.2. The molecule has 0 aliphatic heterocycles. The van der Waals surface area contributed by atoms with Crippen LogP contribution in [0.15, 0.2) is 24.3 Å². The molecule has 0 aromatic heterocycles. The van der Waals surface area contributed by atoms with E-state index in [2.05, 4.69) is 0 Å². The van der Waals surface area contributed by atoms with E-state index >= 15 is 0 Å². The molecule has 0 bridgehead atoms. The van der Waals surface area contributed by atoms with Crippen molar-refractivity contribution in [3.05, 3.63) is 35.6 Å². The highest BCUT2D eigenvalue weighted by Gasteiger charge is 2.26. The molecule has 1 unspecified atom stereocenters. The average Bonchev–Trinajstić information content (AvgIpc) is 2.34. The van der Waals surface area contributed by atoms with Gasteiger partial charge in [-0.1, -0.05) is 18.2 Å². The van der Waals surface area contributed by atoms with Crippen molar-refractivity contribution in [2.45, 2.75) is 39.2 Å². The number of nitrogens with zero attached hydrogens (tertiary/aromatic N) is 1. The number of benzene rings is 1. The lowest BCUT2D eigenvalue weighted by molar-refractivity contribution is -0.135. The molecule has 0 saturated carbocycles. The summed E-state index contributed by atoms with van der Waals surface area (Å²) in [6, 6.07) is 6.29. The van der Waals surface area contributed by atoms with Gasteiger partial charge in [-0.15, -0.1) is 0 Å². The van der Waals surface area contributed by atoms with Crippen LogP contribution < -0.4 is 0 Å². The lowest BCUT2D eigenvalue weighted by Gasteiger charge is -2.30. The standard InChI is InChI=1S/C15H22FNO2/c1-5-17(10-15(3,4)19)14(18)11(2)12-8-6-7-9-13(12)16/h6-9,11,19H,5,10H2,1-4H3. The summed E-state index contributed by atoms with van der Waals surface area (Å²) in [7, 11) is 0. The van der Waals surface area contributed by atoms with Crippen molar-refractivity contribution in [1.29, 1.82) is 0 Å². The SMILES string of the molecule is CCN(CC(C)(C)O)C(=O)C(C)c1ccccc1F. The summed E-state index contributed by atoms with van der Waals surface area (Å²) in [6.45, 7) is 7.56. The third kappa shape index (κ3) is 4.31. The summed E-state index contributed by atoms with van der Waals surface area (Å²) in [4.78, 5) is 13.9. The second kappa shape index (κ2) is 6.15. The van der Waals surface area contributed by atoms with Crippen molar-refractivity contribution < 1.29 is 14.3 Å². The number of carbonyl (C=O) groups is 1. The second-order valence-electron chi connectivity index (χ2n) is 5.41. The van der Waals surface area contributed by atoms with E-state index in [4.69, 9.17) is 0 Å². The highest BCUT2D eigenvalue weighted by molar-refractivity contribution is 5.83. The zero-order valence-electron chi connectivity index (χ0n) is 12.0. The van der Waals surface area contributed by atoms with Gasteiger partial charge in [-0.05, 0) is 39.3 Å². The first kappa shape index (κ1) is 15.6. The van der Waals surface area contributed by atoms with E-state index in [-0.39, 0.29) is 18.3 Å². The summed E-state index contributed by atoms with van der Waals surface area (Å²) in [5.41, 5.74) is -0.567. The third-order valence-corrected chi connectivity index (χ3v) is 3.01. The van der Waals surface area contributed by atoms with Gasteiger partial charge in [-0.25, -0.2) is 4.39 Å². The first-order valence-corrected chi connectivity index (χ1v) is 6.52. The Morgan fingerprint density at radius 1 is 1.42 bits per heavy atom. The molecule has 1 rings (SSSR count). The summed E-state index contributed by atoms with van der Waals surface area (Å²) in [5, 5.41) is 9.81. The Bertz CT molecular complexity index is 440. The van der Waals surface area contributed by atoms with Gasteiger partial charge < -0.3 is 10.0 Å². The number of carbonyl (C=O) groups excluding carboxylic acids is 1. The molecular weight excluding hydrogens is 245 g/mol. The number of amides is 1. The number of likely N-dealkylation sites (N-methyl/N-ethyl adjacent to an activating group) is 1. The van der Waals surface area contributed by atoms with Crippen LogP contribution in [-0.4, -0.2) is 34.6 Å². The Hall–Kier alpha value is -1.42. The Morgan fingerprint density at radius 2 is 2.00 bits per heavy atom. The van der Waals surface area contributed by atoms with Crippen LogP contribution in [0.5, 0.6) is 0 Å². The van der Waals surface area contributed by atoms with Gasteiger partial charge in [0.05, 0.1) is 11.5 Å². The second-order valence-corrected chi connectivity index (χ2v) is 5.41. The van der Waals surface area contributed by atoms with E-state index in [1.807, 2.05) is 6.92 Å². The van der Waals surface area contributed by atoms with Gasteiger partial charge in [0.2, 0.25) is 5.91 Å². The Balaban J connectivity index is 2.89. The molecule has 19 heavy (non-hydrogen) atoms. The molecule has 0 fully saturated rings. The minimum Gasteiger partial charge on any atom is -0.389 e. The molecular formula is C15H22FNO2. The van der Waals surface area contributed by atoms with Crippen LogP contribution in [0.1, 0.15) is 39.2 Å². The molecule has 0 aliphatic carbocycles. The van der Waals surface area contributed by atoms with E-state index in [0.29, 0.717) is 12.1 Å². The summed E-state index contributed by atoms with van der Waals surface area (Å²) in [5.74, 6) is -1.10. The molecule has 3 nitrogen and oxygen atoms in total. The number of rotatable bonds is 5. The lowest BCUT2D eigenvalue weighted by atomic mass is 9.98. The lowest BCUT2D eigenvalue weighted by Crippen LogP contribution is -2.43. The smallest absolute Gasteiger partial charge is 0.230 e. The minimum atomic E-state index is -0.958. The molecule has 1 aromatic rings. The van der Waals surface area contributed by atoms with Crippen LogP contribution in [0.2, 0.25) is 0 Å². The van der Waals surface area contributed by atoms with Gasteiger partial charge >= 0.3 is 0 Å². The van der Waals surface area contributed by atoms with Crippen LogP contribution in [0.4, 0.5) is 4.39 Å². The van der Waals surface area contributed by atoms with E-state index in [0.717, 1.165) is 0 Å². The monoisotopic (exact) mass is 267 g/mol. The van der Waals surface area contributed by atoms with Crippen molar-refractivity contribution in [1.82, 2.24) is 4.90 Å². The molecule has 1 N–H and O–H groups in total. The zero-order valence-corrected chi connectivity index (χ0v) is 12.0. The summed E-state index contributed by atoms with van der Waals surface area (Å²) in [6.07, 6.45) is 0. The summed E-state index contributed by atoms with van der Waals surface area (Å²) >= 11 is 0. The number of hydrogen-bond donors (Lipinski definition) is 1. The van der Waals surface area contributed by atoms with Gasteiger partial charge in [-0.2, -0.15) is 0 Å². The number of halogens is 1. The van der Waals surface area contributed by atoms with Gasteiger partial charge in [0, 0.05) is 13.1 Å². The van der Waals surface area contributed by atoms with E-state index < -0.39 is 11.5 Å². The molecule has 1 amide bonds. The van der Waals surface area contributed by atoms with E-state index in [1.165, 1.54) is 6.07 Å². The molecule has 106 valence electrons. The fourth-order valence-electron chi connectivity index (χ4n) is 2.05. The van der Waals surface area contributed by atoms with Gasteiger partial charge in [0.15, 0.2) is 0 Å². The molecule has 1 atom stereocenters. The van der Waals surface area contributed by atoms with Crippen molar-refractivity contribution in [2.24, 2.45) is 0 Å². The van der Waals surface area contributed by atoms with E-state index in [9.17, 15) is 14.3 Å². The average molecular weight is 267 g/mol. The maximum Gasteiger partial charge on any atom is 0.230 e. The van der Waals surface area contributed by atoms with Crippen LogP contribution in [0.25, 0.3) is 0 Å².